The Labute approximate surface area is 163 Å². The van der Waals surface area contributed by atoms with Gasteiger partial charge in [0.15, 0.2) is 15.5 Å². The van der Waals surface area contributed by atoms with Crippen molar-refractivity contribution in [3.05, 3.63) is 41.2 Å². The van der Waals surface area contributed by atoms with E-state index in [1.807, 2.05) is 31.2 Å². The van der Waals surface area contributed by atoms with Crippen LogP contribution in [0.4, 0.5) is 0 Å². The average molecular weight is 405 g/mol. The molecule has 150 valence electrons. The zero-order valence-electron chi connectivity index (χ0n) is 16.0. The van der Waals surface area contributed by atoms with Gasteiger partial charge in [-0.3, -0.25) is 9.59 Å². The summed E-state index contributed by atoms with van der Waals surface area (Å²) in [5, 5.41) is 10.6. The van der Waals surface area contributed by atoms with Crippen molar-refractivity contribution in [2.75, 3.05) is 24.6 Å². The first-order valence-corrected chi connectivity index (χ1v) is 10.8. The van der Waals surface area contributed by atoms with E-state index in [4.69, 9.17) is 0 Å². The highest BCUT2D eigenvalue weighted by Gasteiger charge is 2.29. The van der Waals surface area contributed by atoms with Crippen LogP contribution in [0.25, 0.3) is 5.69 Å². The standard InChI is InChI=1S/C18H23N5O4S/c1-12-5-4-6-15(11-12)23-14(3)16(20-21-23)17(24)19-13(2)18(25)22-7-9-28(26,27)10-8-22/h4-6,11,13H,7-10H2,1-3H3,(H,19,24). The normalized spacial score (nSPS) is 17.2. The Morgan fingerprint density at radius 2 is 1.86 bits per heavy atom. The van der Waals surface area contributed by atoms with Crippen LogP contribution in [0, 0.1) is 13.8 Å². The van der Waals surface area contributed by atoms with Gasteiger partial charge in [-0.25, -0.2) is 13.1 Å². The monoisotopic (exact) mass is 405 g/mol. The number of aryl methyl sites for hydroxylation is 1. The molecule has 2 aromatic rings. The Kier molecular flexibility index (Phi) is 5.50. The Bertz CT molecular complexity index is 1000. The highest BCUT2D eigenvalue weighted by atomic mass is 32.2. The van der Waals surface area contributed by atoms with Gasteiger partial charge in [0.25, 0.3) is 5.91 Å². The van der Waals surface area contributed by atoms with Gasteiger partial charge in [0.1, 0.15) is 6.04 Å². The number of hydrogen-bond donors (Lipinski definition) is 1. The number of rotatable bonds is 4. The number of sulfone groups is 1. The van der Waals surface area contributed by atoms with Gasteiger partial charge in [0, 0.05) is 13.1 Å². The number of nitrogens with zero attached hydrogens (tertiary/aromatic N) is 4. The SMILES string of the molecule is Cc1cccc(-n2nnc(C(=O)NC(C)C(=O)N3CCS(=O)(=O)CC3)c2C)c1. The number of hydrogen-bond acceptors (Lipinski definition) is 6. The Balaban J connectivity index is 1.69. The lowest BCUT2D eigenvalue weighted by molar-refractivity contribution is -0.132. The summed E-state index contributed by atoms with van der Waals surface area (Å²) in [4.78, 5) is 26.5. The number of aromatic nitrogens is 3. The molecule has 0 saturated carbocycles. The van der Waals surface area contributed by atoms with E-state index in [1.165, 1.54) is 4.90 Å². The van der Waals surface area contributed by atoms with Crippen molar-refractivity contribution in [1.82, 2.24) is 25.2 Å². The smallest absolute Gasteiger partial charge is 0.274 e. The van der Waals surface area contributed by atoms with E-state index >= 15 is 0 Å². The fourth-order valence-corrected chi connectivity index (χ4v) is 4.28. The molecule has 2 amide bonds. The molecule has 9 nitrogen and oxygen atoms in total. The Hall–Kier alpha value is -2.75. The second kappa shape index (κ2) is 7.70. The van der Waals surface area contributed by atoms with E-state index in [0.717, 1.165) is 11.3 Å². The van der Waals surface area contributed by atoms with Crippen molar-refractivity contribution < 1.29 is 18.0 Å². The van der Waals surface area contributed by atoms with E-state index in [-0.39, 0.29) is 36.2 Å². The molecule has 0 radical (unpaired) electrons. The summed E-state index contributed by atoms with van der Waals surface area (Å²) >= 11 is 0. The largest absolute Gasteiger partial charge is 0.339 e. The quantitative estimate of drug-likeness (QED) is 0.780. The van der Waals surface area contributed by atoms with Gasteiger partial charge >= 0.3 is 0 Å². The highest BCUT2D eigenvalue weighted by molar-refractivity contribution is 7.91. The molecule has 1 aromatic heterocycles. The predicted octanol–water partition coefficient (Wildman–Crippen LogP) is 0.259. The van der Waals surface area contributed by atoms with Crippen LogP contribution < -0.4 is 5.32 Å². The van der Waals surface area contributed by atoms with Crippen LogP contribution in [0.15, 0.2) is 24.3 Å². The van der Waals surface area contributed by atoms with Crippen molar-refractivity contribution in [1.29, 1.82) is 0 Å². The summed E-state index contributed by atoms with van der Waals surface area (Å²) < 4.78 is 24.6. The average Bonchev–Trinajstić information content (AvgIpc) is 3.02. The summed E-state index contributed by atoms with van der Waals surface area (Å²) in [6.45, 7) is 5.55. The molecule has 1 fully saturated rings. The Morgan fingerprint density at radius 1 is 1.18 bits per heavy atom. The zero-order valence-corrected chi connectivity index (χ0v) is 16.9. The minimum atomic E-state index is -3.08. The molecule has 1 atom stereocenters. The molecule has 1 saturated heterocycles. The molecule has 0 bridgehead atoms. The fourth-order valence-electron chi connectivity index (χ4n) is 3.08. The maximum atomic E-state index is 12.6. The third kappa shape index (κ3) is 4.22. The third-order valence-electron chi connectivity index (χ3n) is 4.73. The van der Waals surface area contributed by atoms with Gasteiger partial charge in [0.2, 0.25) is 5.91 Å². The van der Waals surface area contributed by atoms with Crippen LogP contribution >= 0.6 is 0 Å². The molecule has 0 spiro atoms. The lowest BCUT2D eigenvalue weighted by atomic mass is 10.2. The number of carbonyl (C=O) groups excluding carboxylic acids is 2. The van der Waals surface area contributed by atoms with E-state index in [9.17, 15) is 18.0 Å². The van der Waals surface area contributed by atoms with Crippen LogP contribution in [-0.4, -0.2) is 70.8 Å². The van der Waals surface area contributed by atoms with E-state index < -0.39 is 21.8 Å². The minimum absolute atomic E-state index is 0.0522. The van der Waals surface area contributed by atoms with Crippen molar-refractivity contribution in [3.8, 4) is 5.69 Å². The Morgan fingerprint density at radius 3 is 2.50 bits per heavy atom. The fraction of sp³-hybridized carbons (Fsp3) is 0.444. The molecule has 1 N–H and O–H groups in total. The first kappa shape index (κ1) is 20.0. The number of nitrogens with one attached hydrogen (secondary N) is 1. The molecule has 1 aliphatic heterocycles. The molecule has 2 heterocycles. The van der Waals surface area contributed by atoms with Gasteiger partial charge in [-0.05, 0) is 38.5 Å². The molecule has 1 aromatic carbocycles. The molecule has 3 rings (SSSR count). The second-order valence-electron chi connectivity index (χ2n) is 6.95. The van der Waals surface area contributed by atoms with Crippen LogP contribution in [0.3, 0.4) is 0 Å². The van der Waals surface area contributed by atoms with Crippen LogP contribution in [0.1, 0.15) is 28.7 Å². The van der Waals surface area contributed by atoms with Crippen LogP contribution in [0.2, 0.25) is 0 Å². The second-order valence-corrected chi connectivity index (χ2v) is 9.25. The third-order valence-corrected chi connectivity index (χ3v) is 6.34. The maximum absolute atomic E-state index is 12.6. The number of carbonyl (C=O) groups is 2. The summed E-state index contributed by atoms with van der Waals surface area (Å²) in [6, 6.07) is 6.86. The van der Waals surface area contributed by atoms with E-state index in [1.54, 1.807) is 18.5 Å². The van der Waals surface area contributed by atoms with Gasteiger partial charge in [-0.2, -0.15) is 0 Å². The van der Waals surface area contributed by atoms with Crippen LogP contribution in [0.5, 0.6) is 0 Å². The first-order chi connectivity index (χ1) is 13.2. The molecule has 1 unspecified atom stereocenters. The molecule has 10 heteroatoms. The van der Waals surface area contributed by atoms with Crippen molar-refractivity contribution in [2.24, 2.45) is 0 Å². The summed E-state index contributed by atoms with van der Waals surface area (Å²) in [6.07, 6.45) is 0. The van der Waals surface area contributed by atoms with Gasteiger partial charge in [-0.15, -0.1) is 5.10 Å². The van der Waals surface area contributed by atoms with Crippen molar-refractivity contribution in [2.45, 2.75) is 26.8 Å². The molecular formula is C18H23N5O4S. The lowest BCUT2D eigenvalue weighted by Crippen LogP contribution is -2.51. The van der Waals surface area contributed by atoms with E-state index in [0.29, 0.717) is 5.69 Å². The highest BCUT2D eigenvalue weighted by Crippen LogP contribution is 2.14. The van der Waals surface area contributed by atoms with E-state index in [2.05, 4.69) is 15.6 Å². The number of benzene rings is 1. The predicted molar refractivity (Wildman–Crippen MR) is 103 cm³/mol. The number of amides is 2. The minimum Gasteiger partial charge on any atom is -0.339 e. The molecule has 28 heavy (non-hydrogen) atoms. The lowest BCUT2D eigenvalue weighted by Gasteiger charge is -2.29. The van der Waals surface area contributed by atoms with Gasteiger partial charge < -0.3 is 10.2 Å². The van der Waals surface area contributed by atoms with Crippen molar-refractivity contribution >= 4 is 21.7 Å². The first-order valence-electron chi connectivity index (χ1n) is 8.97. The van der Waals surface area contributed by atoms with Gasteiger partial charge in [0.05, 0.1) is 22.9 Å². The topological polar surface area (TPSA) is 114 Å². The van der Waals surface area contributed by atoms with Crippen molar-refractivity contribution in [3.63, 3.8) is 0 Å². The summed E-state index contributed by atoms with van der Waals surface area (Å²) in [5.74, 6) is -0.916. The molecule has 1 aliphatic rings. The van der Waals surface area contributed by atoms with Crippen LogP contribution in [-0.2, 0) is 14.6 Å². The molecular weight excluding hydrogens is 382 g/mol. The zero-order chi connectivity index (χ0) is 20.5. The van der Waals surface area contributed by atoms with Gasteiger partial charge in [-0.1, -0.05) is 17.3 Å². The molecule has 0 aliphatic carbocycles. The summed E-state index contributed by atoms with van der Waals surface area (Å²) in [7, 11) is -3.08. The maximum Gasteiger partial charge on any atom is 0.274 e. The summed E-state index contributed by atoms with van der Waals surface area (Å²) in [5.41, 5.74) is 2.55.